The number of rotatable bonds is 2. The van der Waals surface area contributed by atoms with Crippen LogP contribution in [0.1, 0.15) is 19.3 Å². The monoisotopic (exact) mass is 192 g/mol. The van der Waals surface area contributed by atoms with Crippen molar-refractivity contribution in [3.63, 3.8) is 0 Å². The van der Waals surface area contributed by atoms with Crippen molar-refractivity contribution in [1.29, 1.82) is 0 Å². The summed E-state index contributed by atoms with van der Waals surface area (Å²) in [6, 6.07) is 0.700. The first kappa shape index (κ1) is 10.3. The third-order valence-electron chi connectivity index (χ3n) is 2.45. The molecule has 2 unspecified atom stereocenters. The summed E-state index contributed by atoms with van der Waals surface area (Å²) in [4.78, 5) is 0. The van der Waals surface area contributed by atoms with Crippen LogP contribution in [0.4, 0.5) is 0 Å². The van der Waals surface area contributed by atoms with Crippen LogP contribution in [0.25, 0.3) is 0 Å². The zero-order valence-corrected chi connectivity index (χ0v) is 8.03. The highest BCUT2D eigenvalue weighted by atomic mass is 35.5. The number of hydrogen-bond acceptors (Lipinski definition) is 3. The van der Waals surface area contributed by atoms with E-state index in [1.54, 1.807) is 0 Å². The molecule has 3 nitrogen and oxygen atoms in total. The van der Waals surface area contributed by atoms with Crippen molar-refractivity contribution in [2.75, 3.05) is 19.7 Å². The molecule has 2 aliphatic rings. The van der Waals surface area contributed by atoms with E-state index in [0.29, 0.717) is 12.3 Å². The van der Waals surface area contributed by atoms with Crippen molar-refractivity contribution in [2.45, 2.75) is 31.5 Å². The number of halogens is 1. The molecule has 0 radical (unpaired) electrons. The standard InChI is InChI=1S/C8H16N2O.ClH/c1-2-7(9-3-1)6-8-10-4-5-11-8;/h7-10H,1-6H2;1H. The van der Waals surface area contributed by atoms with Gasteiger partial charge in [0.2, 0.25) is 0 Å². The van der Waals surface area contributed by atoms with Gasteiger partial charge in [0.15, 0.2) is 0 Å². The van der Waals surface area contributed by atoms with Crippen LogP contribution < -0.4 is 10.6 Å². The van der Waals surface area contributed by atoms with E-state index in [0.717, 1.165) is 19.6 Å². The molecule has 2 atom stereocenters. The third-order valence-corrected chi connectivity index (χ3v) is 2.45. The number of hydrogen-bond donors (Lipinski definition) is 2. The lowest BCUT2D eigenvalue weighted by molar-refractivity contribution is 0.0866. The van der Waals surface area contributed by atoms with E-state index in [1.807, 2.05) is 0 Å². The Morgan fingerprint density at radius 2 is 2.17 bits per heavy atom. The molecule has 0 aliphatic carbocycles. The predicted molar refractivity (Wildman–Crippen MR) is 50.6 cm³/mol. The van der Waals surface area contributed by atoms with Crippen molar-refractivity contribution in [1.82, 2.24) is 10.6 Å². The molecule has 0 bridgehead atoms. The Morgan fingerprint density at radius 1 is 1.25 bits per heavy atom. The van der Waals surface area contributed by atoms with E-state index in [2.05, 4.69) is 10.6 Å². The highest BCUT2D eigenvalue weighted by Gasteiger charge is 2.21. The summed E-state index contributed by atoms with van der Waals surface area (Å²) < 4.78 is 5.46. The van der Waals surface area contributed by atoms with Gasteiger partial charge in [-0.25, -0.2) is 0 Å². The SMILES string of the molecule is C1CNC(CC2NCCO2)C1.Cl. The van der Waals surface area contributed by atoms with Crippen LogP contribution in [0.2, 0.25) is 0 Å². The molecular weight excluding hydrogens is 176 g/mol. The van der Waals surface area contributed by atoms with Gasteiger partial charge in [-0.1, -0.05) is 0 Å². The molecule has 12 heavy (non-hydrogen) atoms. The molecule has 2 N–H and O–H groups in total. The normalized spacial score (nSPS) is 35.0. The first-order valence-corrected chi connectivity index (χ1v) is 4.53. The largest absolute Gasteiger partial charge is 0.362 e. The Hall–Kier alpha value is 0.170. The zero-order valence-electron chi connectivity index (χ0n) is 7.21. The number of nitrogens with one attached hydrogen (secondary N) is 2. The maximum atomic E-state index is 5.46. The highest BCUT2D eigenvalue weighted by Crippen LogP contribution is 2.12. The Bertz CT molecular complexity index is 108. The van der Waals surface area contributed by atoms with E-state index in [-0.39, 0.29) is 12.4 Å². The van der Waals surface area contributed by atoms with Gasteiger partial charge in [-0.3, -0.25) is 5.32 Å². The van der Waals surface area contributed by atoms with Gasteiger partial charge in [0, 0.05) is 19.0 Å². The summed E-state index contributed by atoms with van der Waals surface area (Å²) in [5.74, 6) is 0. The zero-order chi connectivity index (χ0) is 7.52. The van der Waals surface area contributed by atoms with Gasteiger partial charge in [0.1, 0.15) is 6.23 Å². The fraction of sp³-hybridized carbons (Fsp3) is 1.00. The van der Waals surface area contributed by atoms with Crippen LogP contribution >= 0.6 is 12.4 Å². The second-order valence-electron chi connectivity index (χ2n) is 3.34. The van der Waals surface area contributed by atoms with Crippen LogP contribution in [0.5, 0.6) is 0 Å². The minimum absolute atomic E-state index is 0. The van der Waals surface area contributed by atoms with E-state index in [1.165, 1.54) is 19.4 Å². The van der Waals surface area contributed by atoms with E-state index < -0.39 is 0 Å². The summed E-state index contributed by atoms with van der Waals surface area (Å²) in [5.41, 5.74) is 0. The summed E-state index contributed by atoms with van der Waals surface area (Å²) in [5, 5.41) is 6.78. The fourth-order valence-corrected chi connectivity index (χ4v) is 1.85. The van der Waals surface area contributed by atoms with Gasteiger partial charge in [-0.2, -0.15) is 0 Å². The number of ether oxygens (including phenoxy) is 1. The second-order valence-corrected chi connectivity index (χ2v) is 3.34. The summed E-state index contributed by atoms with van der Waals surface area (Å²) >= 11 is 0. The lowest BCUT2D eigenvalue weighted by Crippen LogP contribution is -2.32. The minimum atomic E-state index is 0. The van der Waals surface area contributed by atoms with Gasteiger partial charge < -0.3 is 10.1 Å². The molecule has 72 valence electrons. The summed E-state index contributed by atoms with van der Waals surface area (Å²) in [7, 11) is 0. The average Bonchev–Trinajstić information content (AvgIpc) is 2.60. The van der Waals surface area contributed by atoms with Crippen molar-refractivity contribution in [2.24, 2.45) is 0 Å². The summed E-state index contributed by atoms with van der Waals surface area (Å²) in [6.07, 6.45) is 4.12. The molecule has 0 aromatic rings. The van der Waals surface area contributed by atoms with Crippen LogP contribution in [0, 0.1) is 0 Å². The molecule has 0 amide bonds. The molecule has 4 heteroatoms. The van der Waals surface area contributed by atoms with Gasteiger partial charge in [0.25, 0.3) is 0 Å². The third kappa shape index (κ3) is 2.59. The fourth-order valence-electron chi connectivity index (χ4n) is 1.85. The van der Waals surface area contributed by atoms with Crippen molar-refractivity contribution >= 4 is 12.4 Å². The average molecular weight is 193 g/mol. The molecule has 0 saturated carbocycles. The second kappa shape index (κ2) is 5.02. The minimum Gasteiger partial charge on any atom is -0.362 e. The van der Waals surface area contributed by atoms with Gasteiger partial charge in [-0.15, -0.1) is 12.4 Å². The van der Waals surface area contributed by atoms with E-state index in [9.17, 15) is 0 Å². The quantitative estimate of drug-likeness (QED) is 0.669. The van der Waals surface area contributed by atoms with E-state index in [4.69, 9.17) is 4.74 Å². The van der Waals surface area contributed by atoms with Crippen LogP contribution in [0.15, 0.2) is 0 Å². The lowest BCUT2D eigenvalue weighted by atomic mass is 10.1. The van der Waals surface area contributed by atoms with Gasteiger partial charge in [0.05, 0.1) is 6.61 Å². The molecular formula is C8H17ClN2O. The Labute approximate surface area is 79.6 Å². The topological polar surface area (TPSA) is 33.3 Å². The predicted octanol–water partition coefficient (Wildman–Crippen LogP) is 0.496. The molecule has 2 heterocycles. The van der Waals surface area contributed by atoms with Crippen molar-refractivity contribution in [3.8, 4) is 0 Å². The smallest absolute Gasteiger partial charge is 0.109 e. The molecule has 2 fully saturated rings. The van der Waals surface area contributed by atoms with E-state index >= 15 is 0 Å². The Balaban J connectivity index is 0.000000720. The maximum Gasteiger partial charge on any atom is 0.109 e. The Kier molecular flexibility index (Phi) is 4.29. The maximum absolute atomic E-state index is 5.46. The molecule has 2 aliphatic heterocycles. The molecule has 2 rings (SSSR count). The molecule has 0 spiro atoms. The molecule has 2 saturated heterocycles. The van der Waals surface area contributed by atoms with Crippen molar-refractivity contribution < 1.29 is 4.74 Å². The molecule has 0 aromatic heterocycles. The highest BCUT2D eigenvalue weighted by molar-refractivity contribution is 5.85. The van der Waals surface area contributed by atoms with Crippen LogP contribution in [-0.4, -0.2) is 32.0 Å². The first-order valence-electron chi connectivity index (χ1n) is 4.53. The Morgan fingerprint density at radius 3 is 2.75 bits per heavy atom. The van der Waals surface area contributed by atoms with Gasteiger partial charge >= 0.3 is 0 Å². The van der Waals surface area contributed by atoms with Gasteiger partial charge in [-0.05, 0) is 19.4 Å². The van der Waals surface area contributed by atoms with Crippen LogP contribution in [0.3, 0.4) is 0 Å². The first-order chi connectivity index (χ1) is 5.45. The molecule has 0 aromatic carbocycles. The van der Waals surface area contributed by atoms with Crippen LogP contribution in [-0.2, 0) is 4.74 Å². The lowest BCUT2D eigenvalue weighted by Gasteiger charge is -2.15. The van der Waals surface area contributed by atoms with Crippen molar-refractivity contribution in [3.05, 3.63) is 0 Å². The summed E-state index contributed by atoms with van der Waals surface area (Å²) in [6.45, 7) is 3.10.